The van der Waals surface area contributed by atoms with Gasteiger partial charge in [0.2, 0.25) is 0 Å². The van der Waals surface area contributed by atoms with Crippen molar-refractivity contribution in [1.82, 2.24) is 23.3 Å². The van der Waals surface area contributed by atoms with E-state index in [2.05, 4.69) is 250 Å². The molecule has 0 saturated heterocycles. The van der Waals surface area contributed by atoms with E-state index in [1.165, 1.54) is 38.1 Å². The van der Waals surface area contributed by atoms with Crippen molar-refractivity contribution < 1.29 is 30.4 Å². The minimum absolute atomic E-state index is 0. The topological polar surface area (TPSA) is 45.7 Å². The van der Waals surface area contributed by atoms with Crippen LogP contribution in [0.2, 0.25) is 0 Å². The van der Waals surface area contributed by atoms with Crippen LogP contribution in [0.25, 0.3) is 105 Å². The van der Waals surface area contributed by atoms with Crippen molar-refractivity contribution in [3.63, 3.8) is 0 Å². The van der Waals surface area contributed by atoms with E-state index in [9.17, 15) is 0 Å². The van der Waals surface area contributed by atoms with Gasteiger partial charge in [0, 0.05) is 77.2 Å². The number of hydrogen-bond acceptors (Lipinski definition) is 2. The molecule has 0 saturated carbocycles. The fourth-order valence-electron chi connectivity index (χ4n) is 10.7. The first-order valence-corrected chi connectivity index (χ1v) is 24.1. The average molecular weight is 1110 g/mol. The maximum Gasteiger partial charge on any atom is 0.268 e. The monoisotopic (exact) mass is 1110 g/mol. The van der Waals surface area contributed by atoms with Gasteiger partial charge >= 0.3 is 0 Å². The largest absolute Gasteiger partial charge is 0.510 e. The molecule has 14 aromatic rings. The molecule has 348 valence electrons. The van der Waals surface area contributed by atoms with Crippen LogP contribution >= 0.6 is 0 Å². The van der Waals surface area contributed by atoms with E-state index in [4.69, 9.17) is 9.72 Å². The van der Waals surface area contributed by atoms with E-state index in [1.807, 2.05) is 24.4 Å². The zero-order valence-electron chi connectivity index (χ0n) is 39.6. The van der Waals surface area contributed by atoms with Crippen LogP contribution in [0.4, 0.5) is 0 Å². The number of fused-ring (bicyclic) bond motifs is 10. The van der Waals surface area contributed by atoms with E-state index in [0.29, 0.717) is 11.5 Å². The van der Waals surface area contributed by atoms with Crippen molar-refractivity contribution in [3.8, 4) is 40.1 Å². The summed E-state index contributed by atoms with van der Waals surface area (Å²) in [5.74, 6) is 1.96. The van der Waals surface area contributed by atoms with Crippen LogP contribution in [0.15, 0.2) is 212 Å². The zero-order valence-corrected chi connectivity index (χ0v) is 41.9. The minimum Gasteiger partial charge on any atom is -0.510 e. The number of pyridine rings is 1. The van der Waals surface area contributed by atoms with Crippen LogP contribution in [-0.4, -0.2) is 23.3 Å². The van der Waals surface area contributed by atoms with Gasteiger partial charge in [0.15, 0.2) is 0 Å². The summed E-state index contributed by atoms with van der Waals surface area (Å²) in [6, 6.07) is 80.0. The molecule has 5 aromatic heterocycles. The van der Waals surface area contributed by atoms with Crippen molar-refractivity contribution in [2.24, 2.45) is 0 Å². The maximum absolute atomic E-state index is 6.77. The Morgan fingerprint density at radius 3 is 1.85 bits per heavy atom. The first-order valence-electron chi connectivity index (χ1n) is 24.1. The Morgan fingerprint density at radius 2 is 1.10 bits per heavy atom. The van der Waals surface area contributed by atoms with Gasteiger partial charge in [0.25, 0.3) is 6.33 Å². The van der Waals surface area contributed by atoms with Gasteiger partial charge in [0.1, 0.15) is 5.82 Å². The summed E-state index contributed by atoms with van der Waals surface area (Å²) in [6.45, 7) is 6.70. The van der Waals surface area contributed by atoms with Gasteiger partial charge in [-0.1, -0.05) is 135 Å². The Balaban J connectivity index is 0.00000504. The number of hydrogen-bond donors (Lipinski definition) is 0. The van der Waals surface area contributed by atoms with Gasteiger partial charge in [-0.25, -0.2) is 4.98 Å². The normalized spacial score (nSPS) is 12.0. The third-order valence-electron chi connectivity index (χ3n) is 14.0. The van der Waals surface area contributed by atoms with Crippen LogP contribution < -0.4 is 9.30 Å². The molecule has 0 atom stereocenters. The smallest absolute Gasteiger partial charge is 0.268 e. The SMILES string of the molecule is CC(C)(C)c1ccnc(-n2c3[c-]c(Oc4[c-]c(-n5[c-][n+](-c6cccc7c8ccccc8n(-c8ccccc8)c67)c6ccccc65)ccc4)ccc3c3cc(-n4c5ccccc5c5ccccc54)ccc32)c1.[Pt]. The second kappa shape index (κ2) is 16.8. The summed E-state index contributed by atoms with van der Waals surface area (Å²) in [6.07, 6.45) is 5.67. The average Bonchev–Trinajstić information content (AvgIpc) is 4.15. The second-order valence-corrected chi connectivity index (χ2v) is 19.3. The minimum atomic E-state index is -0.0732. The Hall–Kier alpha value is -8.51. The Morgan fingerprint density at radius 1 is 0.472 bits per heavy atom. The molecule has 7 nitrogen and oxygen atoms in total. The van der Waals surface area contributed by atoms with Gasteiger partial charge in [-0.05, 0) is 88.8 Å². The molecule has 0 aliphatic carbocycles. The van der Waals surface area contributed by atoms with E-state index in [0.717, 1.165) is 72.4 Å². The Kier molecular flexibility index (Phi) is 10.2. The van der Waals surface area contributed by atoms with Crippen molar-refractivity contribution >= 4 is 76.5 Å². The molecule has 0 aliphatic heterocycles. The molecule has 72 heavy (non-hydrogen) atoms. The van der Waals surface area contributed by atoms with E-state index >= 15 is 0 Å². The van der Waals surface area contributed by atoms with Crippen molar-refractivity contribution in [2.75, 3.05) is 0 Å². The van der Waals surface area contributed by atoms with Gasteiger partial charge < -0.3 is 23.0 Å². The molecule has 14 rings (SSSR count). The molecule has 0 radical (unpaired) electrons. The Bertz CT molecular complexity index is 4380. The fourth-order valence-corrected chi connectivity index (χ4v) is 10.7. The number of imidazole rings is 1. The van der Waals surface area contributed by atoms with E-state index < -0.39 is 0 Å². The quantitative estimate of drug-likeness (QED) is 0.118. The van der Waals surface area contributed by atoms with Crippen LogP contribution in [0.3, 0.4) is 0 Å². The summed E-state index contributed by atoms with van der Waals surface area (Å²) in [5.41, 5.74) is 13.6. The third-order valence-corrected chi connectivity index (χ3v) is 14.0. The predicted molar refractivity (Wildman–Crippen MR) is 287 cm³/mol. The molecule has 0 fully saturated rings. The van der Waals surface area contributed by atoms with Gasteiger partial charge in [0.05, 0.1) is 38.8 Å². The van der Waals surface area contributed by atoms with Gasteiger partial charge in [-0.15, -0.1) is 29.7 Å². The zero-order chi connectivity index (χ0) is 47.4. The molecule has 0 unspecified atom stereocenters. The molecule has 0 amide bonds. The predicted octanol–water partition coefficient (Wildman–Crippen LogP) is 15.1. The first-order chi connectivity index (χ1) is 34.9. The molecule has 0 N–H and O–H groups in total. The maximum atomic E-state index is 6.77. The number of ether oxygens (including phenoxy) is 1. The molecule has 0 spiro atoms. The summed E-state index contributed by atoms with van der Waals surface area (Å²) >= 11 is 0. The molecule has 0 aliphatic rings. The number of aromatic nitrogens is 6. The summed E-state index contributed by atoms with van der Waals surface area (Å²) in [5, 5.41) is 6.98. The van der Waals surface area contributed by atoms with Crippen LogP contribution in [0.1, 0.15) is 26.3 Å². The van der Waals surface area contributed by atoms with Crippen molar-refractivity contribution in [1.29, 1.82) is 0 Å². The number of nitrogens with zero attached hydrogens (tertiary/aromatic N) is 6. The van der Waals surface area contributed by atoms with Crippen LogP contribution in [0.5, 0.6) is 11.5 Å². The second-order valence-electron chi connectivity index (χ2n) is 19.3. The van der Waals surface area contributed by atoms with E-state index in [1.54, 1.807) is 0 Å². The standard InChI is InChI=1S/C64H44N6O.Pt/c1-64(2,3)42-35-36-65-62(37-42)70-57-34-31-45(68-54-25-10-7-21-48(54)49-22-8-11-26-55(49)68)39-53(57)51-33-32-47(40-61(51)70)71-46-20-15-19-44(38-46)66-41-67(59-29-14-13-28-58(59)66)60-30-16-24-52-50-23-9-12-27-56(50)69(63(52)60)43-17-5-4-6-18-43;/h4-37,39H,1-3H3;/q-2;. The van der Waals surface area contributed by atoms with Crippen molar-refractivity contribution in [2.45, 2.75) is 26.2 Å². The molecule has 5 heterocycles. The summed E-state index contributed by atoms with van der Waals surface area (Å²) < 4.78 is 18.0. The number of para-hydroxylation sites is 7. The molecule has 8 heteroatoms. The van der Waals surface area contributed by atoms with Crippen molar-refractivity contribution in [3.05, 3.63) is 236 Å². The summed E-state index contributed by atoms with van der Waals surface area (Å²) in [7, 11) is 0. The Labute approximate surface area is 430 Å². The molecule has 0 bridgehead atoms. The van der Waals surface area contributed by atoms with Crippen LogP contribution in [0, 0.1) is 18.5 Å². The van der Waals surface area contributed by atoms with Gasteiger partial charge in [-0.2, -0.15) is 18.2 Å². The van der Waals surface area contributed by atoms with Gasteiger partial charge in [-0.3, -0.25) is 4.57 Å². The molecule has 9 aromatic carbocycles. The van der Waals surface area contributed by atoms with E-state index in [-0.39, 0.29) is 26.5 Å². The van der Waals surface area contributed by atoms with Crippen LogP contribution in [-0.2, 0) is 26.5 Å². The number of benzene rings is 9. The third kappa shape index (κ3) is 6.83. The fraction of sp³-hybridized carbons (Fsp3) is 0.0625. The number of rotatable bonds is 7. The first kappa shape index (κ1) is 43.5. The molecular weight excluding hydrogens is 1060 g/mol. The summed E-state index contributed by atoms with van der Waals surface area (Å²) in [4.78, 5) is 4.99. The molecular formula is C64H44N6OPt-2.